The molecule has 1 aromatic heterocycles. The highest BCUT2D eigenvalue weighted by atomic mass is 16.5. The number of methoxy groups -OCH3 is 1. The maximum atomic E-state index is 12.3. The molecule has 6 nitrogen and oxygen atoms in total. The molecule has 1 unspecified atom stereocenters. The topological polar surface area (TPSA) is 67.6 Å². The zero-order chi connectivity index (χ0) is 16.1. The molecule has 1 N–H and O–H groups in total. The number of aromatic nitrogens is 1. The Hall–Kier alpha value is -2.34. The molecule has 1 aliphatic heterocycles. The van der Waals surface area contributed by atoms with Crippen LogP contribution in [-0.2, 0) is 17.9 Å². The Morgan fingerprint density at radius 3 is 3.00 bits per heavy atom. The first-order valence-corrected chi connectivity index (χ1v) is 7.78. The van der Waals surface area contributed by atoms with Crippen LogP contribution < -0.4 is 10.1 Å². The third kappa shape index (κ3) is 4.10. The van der Waals surface area contributed by atoms with E-state index in [1.54, 1.807) is 13.2 Å². The molecule has 1 saturated heterocycles. The number of rotatable bonds is 6. The van der Waals surface area contributed by atoms with Gasteiger partial charge in [-0.1, -0.05) is 30.3 Å². The number of ether oxygens (including phenoxy) is 1. The van der Waals surface area contributed by atoms with Crippen LogP contribution >= 0.6 is 0 Å². The van der Waals surface area contributed by atoms with Crippen molar-refractivity contribution >= 4 is 5.91 Å². The second kappa shape index (κ2) is 7.28. The Balaban J connectivity index is 1.46. The maximum absolute atomic E-state index is 12.3. The summed E-state index contributed by atoms with van der Waals surface area (Å²) in [6, 6.07) is 11.7. The van der Waals surface area contributed by atoms with Gasteiger partial charge in [-0.2, -0.15) is 0 Å². The largest absolute Gasteiger partial charge is 0.479 e. The number of nitrogens with zero attached hydrogens (tertiary/aromatic N) is 2. The minimum atomic E-state index is 0.0310. The van der Waals surface area contributed by atoms with Crippen molar-refractivity contribution < 1.29 is 14.1 Å². The van der Waals surface area contributed by atoms with Gasteiger partial charge in [0.2, 0.25) is 5.91 Å². The van der Waals surface area contributed by atoms with E-state index in [1.165, 1.54) is 0 Å². The first-order chi connectivity index (χ1) is 11.2. The highest BCUT2D eigenvalue weighted by molar-refractivity contribution is 5.79. The molecule has 1 amide bonds. The van der Waals surface area contributed by atoms with E-state index in [2.05, 4.69) is 15.4 Å². The van der Waals surface area contributed by atoms with Crippen molar-refractivity contribution in [3.8, 4) is 5.88 Å². The summed E-state index contributed by atoms with van der Waals surface area (Å²) >= 11 is 0. The number of nitrogens with one attached hydrogen (secondary N) is 1. The lowest BCUT2D eigenvalue weighted by Crippen LogP contribution is -2.32. The maximum Gasteiger partial charge on any atom is 0.254 e. The van der Waals surface area contributed by atoms with Gasteiger partial charge in [-0.05, 0) is 23.7 Å². The summed E-state index contributed by atoms with van der Waals surface area (Å²) in [7, 11) is 1.56. The van der Waals surface area contributed by atoms with Crippen LogP contribution in [0, 0.1) is 5.92 Å². The van der Waals surface area contributed by atoms with E-state index >= 15 is 0 Å². The molecule has 3 rings (SSSR count). The number of carbonyl (C=O) groups is 1. The van der Waals surface area contributed by atoms with Crippen LogP contribution in [-0.4, -0.2) is 36.2 Å². The van der Waals surface area contributed by atoms with Gasteiger partial charge in [0.05, 0.1) is 19.6 Å². The molecule has 0 spiro atoms. The van der Waals surface area contributed by atoms with Crippen LogP contribution in [0.15, 0.2) is 40.9 Å². The lowest BCUT2D eigenvalue weighted by atomic mass is 10.1. The van der Waals surface area contributed by atoms with Crippen molar-refractivity contribution in [2.75, 3.05) is 20.2 Å². The van der Waals surface area contributed by atoms with E-state index in [0.717, 1.165) is 30.8 Å². The zero-order valence-corrected chi connectivity index (χ0v) is 13.2. The molecule has 1 atom stereocenters. The Kier molecular flexibility index (Phi) is 4.92. The normalized spacial score (nSPS) is 18.0. The van der Waals surface area contributed by atoms with Crippen molar-refractivity contribution in [1.29, 1.82) is 0 Å². The SMILES string of the molecule is COc1cc(CN2CCC(C(=O)NCc3ccccc3)C2)on1. The molecule has 0 radical (unpaired) electrons. The third-order valence-electron chi connectivity index (χ3n) is 4.08. The van der Waals surface area contributed by atoms with Crippen molar-refractivity contribution in [2.24, 2.45) is 5.92 Å². The highest BCUT2D eigenvalue weighted by Gasteiger charge is 2.28. The second-order valence-corrected chi connectivity index (χ2v) is 5.76. The van der Waals surface area contributed by atoms with Gasteiger partial charge in [0, 0.05) is 19.2 Å². The van der Waals surface area contributed by atoms with Crippen molar-refractivity contribution in [2.45, 2.75) is 19.5 Å². The standard InChI is InChI=1S/C17H21N3O3/c1-22-16-9-15(23-19-16)12-20-8-7-14(11-20)17(21)18-10-13-5-3-2-4-6-13/h2-6,9,14H,7-8,10-12H2,1H3,(H,18,21). The minimum Gasteiger partial charge on any atom is -0.479 e. The van der Waals surface area contributed by atoms with Crippen LogP contribution in [0.5, 0.6) is 5.88 Å². The molecule has 23 heavy (non-hydrogen) atoms. The van der Waals surface area contributed by atoms with Gasteiger partial charge in [-0.25, -0.2) is 0 Å². The average Bonchev–Trinajstić information content (AvgIpc) is 3.23. The Morgan fingerprint density at radius 1 is 1.43 bits per heavy atom. The molecule has 2 aromatic rings. The number of carbonyl (C=O) groups excluding carboxylic acids is 1. The summed E-state index contributed by atoms with van der Waals surface area (Å²) in [6.45, 7) is 2.85. The van der Waals surface area contributed by atoms with E-state index in [1.807, 2.05) is 30.3 Å². The van der Waals surface area contributed by atoms with Gasteiger partial charge in [-0.15, -0.1) is 0 Å². The summed E-state index contributed by atoms with van der Waals surface area (Å²) < 4.78 is 10.2. The molecule has 0 saturated carbocycles. The predicted molar refractivity (Wildman–Crippen MR) is 84.7 cm³/mol. The van der Waals surface area contributed by atoms with Crippen LogP contribution in [0.1, 0.15) is 17.7 Å². The Labute approximate surface area is 135 Å². The number of likely N-dealkylation sites (tertiary alicyclic amines) is 1. The summed E-state index contributed by atoms with van der Waals surface area (Å²) in [4.78, 5) is 14.5. The van der Waals surface area contributed by atoms with Crippen molar-refractivity contribution in [1.82, 2.24) is 15.4 Å². The minimum absolute atomic E-state index is 0.0310. The fraction of sp³-hybridized carbons (Fsp3) is 0.412. The molecule has 1 aromatic carbocycles. The molecule has 0 aliphatic carbocycles. The van der Waals surface area contributed by atoms with Crippen LogP contribution in [0.25, 0.3) is 0 Å². The highest BCUT2D eigenvalue weighted by Crippen LogP contribution is 2.20. The molecular formula is C17H21N3O3. The molecule has 0 bridgehead atoms. The summed E-state index contributed by atoms with van der Waals surface area (Å²) in [6.07, 6.45) is 0.867. The van der Waals surface area contributed by atoms with Gasteiger partial charge >= 0.3 is 0 Å². The predicted octanol–water partition coefficient (Wildman–Crippen LogP) is 1.82. The summed E-state index contributed by atoms with van der Waals surface area (Å²) in [5.74, 6) is 1.39. The van der Waals surface area contributed by atoms with Crippen molar-refractivity contribution in [3.05, 3.63) is 47.7 Å². The fourth-order valence-electron chi connectivity index (χ4n) is 2.80. The number of benzene rings is 1. The molecular weight excluding hydrogens is 294 g/mol. The van der Waals surface area contributed by atoms with Gasteiger partial charge < -0.3 is 14.6 Å². The molecule has 2 heterocycles. The van der Waals surface area contributed by atoms with E-state index in [0.29, 0.717) is 19.0 Å². The quantitative estimate of drug-likeness (QED) is 0.881. The number of hydrogen-bond acceptors (Lipinski definition) is 5. The first-order valence-electron chi connectivity index (χ1n) is 7.78. The first kappa shape index (κ1) is 15.6. The Morgan fingerprint density at radius 2 is 2.26 bits per heavy atom. The monoisotopic (exact) mass is 315 g/mol. The van der Waals surface area contributed by atoms with Crippen LogP contribution in [0.4, 0.5) is 0 Å². The number of amides is 1. The number of hydrogen-bond donors (Lipinski definition) is 1. The van der Waals surface area contributed by atoms with Gasteiger partial charge in [0.25, 0.3) is 5.88 Å². The zero-order valence-electron chi connectivity index (χ0n) is 13.2. The summed E-state index contributed by atoms with van der Waals surface area (Å²) in [5, 5.41) is 6.81. The van der Waals surface area contributed by atoms with Crippen LogP contribution in [0.2, 0.25) is 0 Å². The molecule has 122 valence electrons. The lowest BCUT2D eigenvalue weighted by Gasteiger charge is -2.14. The van der Waals surface area contributed by atoms with Gasteiger partial charge in [0.15, 0.2) is 5.76 Å². The van der Waals surface area contributed by atoms with Gasteiger partial charge in [0.1, 0.15) is 0 Å². The summed E-state index contributed by atoms with van der Waals surface area (Å²) in [5.41, 5.74) is 1.12. The molecule has 1 fully saturated rings. The van der Waals surface area contributed by atoms with E-state index in [-0.39, 0.29) is 11.8 Å². The third-order valence-corrected chi connectivity index (χ3v) is 4.08. The van der Waals surface area contributed by atoms with E-state index in [4.69, 9.17) is 9.26 Å². The van der Waals surface area contributed by atoms with Crippen LogP contribution in [0.3, 0.4) is 0 Å². The smallest absolute Gasteiger partial charge is 0.254 e. The lowest BCUT2D eigenvalue weighted by molar-refractivity contribution is -0.124. The van der Waals surface area contributed by atoms with E-state index < -0.39 is 0 Å². The molecule has 6 heteroatoms. The fourth-order valence-corrected chi connectivity index (χ4v) is 2.80. The molecule has 1 aliphatic rings. The average molecular weight is 315 g/mol. The second-order valence-electron chi connectivity index (χ2n) is 5.76. The van der Waals surface area contributed by atoms with Gasteiger partial charge in [-0.3, -0.25) is 9.69 Å². The van der Waals surface area contributed by atoms with Crippen molar-refractivity contribution in [3.63, 3.8) is 0 Å². The Bertz CT molecular complexity index is 642. The van der Waals surface area contributed by atoms with E-state index in [9.17, 15) is 4.79 Å².